The first-order valence-electron chi connectivity index (χ1n) is 7.74. The minimum atomic E-state index is -0.434. The van der Waals surface area contributed by atoms with Gasteiger partial charge in [-0.2, -0.15) is 0 Å². The smallest absolute Gasteiger partial charge is 0.338 e. The lowest BCUT2D eigenvalue weighted by molar-refractivity contribution is -0.140. The summed E-state index contributed by atoms with van der Waals surface area (Å²) in [6.07, 6.45) is 0. The van der Waals surface area contributed by atoms with Crippen molar-refractivity contribution in [3.8, 4) is 5.75 Å². The van der Waals surface area contributed by atoms with E-state index in [2.05, 4.69) is 10.6 Å². The molecule has 6 nitrogen and oxygen atoms in total. The van der Waals surface area contributed by atoms with Crippen LogP contribution in [0.15, 0.2) is 35.5 Å². The molecule has 1 aromatic carbocycles. The average molecular weight is 350 g/mol. The fraction of sp³-hybridized carbons (Fsp3) is 0.412. The first-order valence-corrected chi connectivity index (χ1v) is 8.15. The second-order valence-corrected chi connectivity index (χ2v) is 5.58. The summed E-state index contributed by atoms with van der Waals surface area (Å²) < 4.78 is 15.9. The zero-order valence-corrected chi connectivity index (χ0v) is 14.9. The van der Waals surface area contributed by atoms with Crippen LogP contribution in [0.4, 0.5) is 0 Å². The lowest BCUT2D eigenvalue weighted by Crippen LogP contribution is -2.45. The molecule has 1 atom stereocenters. The van der Waals surface area contributed by atoms with Crippen molar-refractivity contribution in [3.63, 3.8) is 0 Å². The Morgan fingerprint density at radius 1 is 1.29 bits per heavy atom. The fourth-order valence-corrected chi connectivity index (χ4v) is 2.77. The molecule has 130 valence electrons. The summed E-state index contributed by atoms with van der Waals surface area (Å²) >= 11 is 5.24. The van der Waals surface area contributed by atoms with E-state index in [-0.39, 0.29) is 6.61 Å². The van der Waals surface area contributed by atoms with Gasteiger partial charge in [0.05, 0.1) is 24.8 Å². The highest BCUT2D eigenvalue weighted by atomic mass is 32.1. The highest BCUT2D eigenvalue weighted by Crippen LogP contribution is 2.33. The third-order valence-corrected chi connectivity index (χ3v) is 3.76. The van der Waals surface area contributed by atoms with Crippen LogP contribution in [0.2, 0.25) is 0 Å². The molecule has 0 spiro atoms. The molecule has 1 aromatic rings. The van der Waals surface area contributed by atoms with E-state index in [4.69, 9.17) is 26.4 Å². The number of ether oxygens (including phenoxy) is 3. The molecule has 0 bridgehead atoms. The maximum absolute atomic E-state index is 12.5. The van der Waals surface area contributed by atoms with Crippen LogP contribution in [0.1, 0.15) is 25.5 Å². The standard InChI is InChI=1S/C17H22N2O4S/c1-4-22-13-8-6-5-7-12(13)15-14(11(2)18-17(24)19-15)16(20)23-10-9-21-3/h5-8,15H,4,9-10H2,1-3H3,(H2,18,19,24)/t15-/m1/s1. The number of carbonyl (C=O) groups excluding carboxylic acids is 1. The first-order chi connectivity index (χ1) is 11.6. The Hall–Kier alpha value is -2.12. The third-order valence-electron chi connectivity index (χ3n) is 3.54. The summed E-state index contributed by atoms with van der Waals surface area (Å²) in [5.41, 5.74) is 1.98. The van der Waals surface area contributed by atoms with Crippen molar-refractivity contribution in [3.05, 3.63) is 41.1 Å². The minimum Gasteiger partial charge on any atom is -0.494 e. The summed E-state index contributed by atoms with van der Waals surface area (Å²) in [5.74, 6) is 0.292. The summed E-state index contributed by atoms with van der Waals surface area (Å²) in [6.45, 7) is 4.78. The maximum Gasteiger partial charge on any atom is 0.338 e. The monoisotopic (exact) mass is 350 g/mol. The van der Waals surface area contributed by atoms with E-state index in [1.165, 1.54) is 0 Å². The largest absolute Gasteiger partial charge is 0.494 e. The number of nitrogens with one attached hydrogen (secondary N) is 2. The number of carbonyl (C=O) groups is 1. The minimum absolute atomic E-state index is 0.191. The van der Waals surface area contributed by atoms with Gasteiger partial charge in [-0.25, -0.2) is 4.79 Å². The van der Waals surface area contributed by atoms with E-state index in [1.807, 2.05) is 31.2 Å². The number of esters is 1. The number of allylic oxidation sites excluding steroid dienone is 1. The van der Waals surface area contributed by atoms with Gasteiger partial charge < -0.3 is 24.8 Å². The summed E-state index contributed by atoms with van der Waals surface area (Å²) in [7, 11) is 1.56. The zero-order valence-electron chi connectivity index (χ0n) is 14.0. The summed E-state index contributed by atoms with van der Waals surface area (Å²) in [5, 5.41) is 6.57. The Morgan fingerprint density at radius 3 is 2.75 bits per heavy atom. The van der Waals surface area contributed by atoms with Crippen LogP contribution in [0, 0.1) is 0 Å². The molecule has 0 aliphatic carbocycles. The molecule has 2 N–H and O–H groups in total. The Bertz CT molecular complexity index is 645. The molecule has 0 unspecified atom stereocenters. The second kappa shape index (κ2) is 8.65. The quantitative estimate of drug-likeness (QED) is 0.443. The number of rotatable bonds is 7. The molecule has 0 radical (unpaired) electrons. The second-order valence-electron chi connectivity index (χ2n) is 5.17. The van der Waals surface area contributed by atoms with Crippen molar-refractivity contribution < 1.29 is 19.0 Å². The summed E-state index contributed by atoms with van der Waals surface area (Å²) in [4.78, 5) is 12.5. The molecule has 0 fully saturated rings. The Kier molecular flexibility index (Phi) is 6.57. The third kappa shape index (κ3) is 4.24. The van der Waals surface area contributed by atoms with E-state index in [0.717, 1.165) is 5.56 Å². The van der Waals surface area contributed by atoms with E-state index >= 15 is 0 Å². The SMILES string of the molecule is CCOc1ccccc1[C@H]1NC(=S)NC(C)=C1C(=O)OCCOC. The predicted molar refractivity (Wildman–Crippen MR) is 94.8 cm³/mol. The number of benzene rings is 1. The van der Waals surface area contributed by atoms with Crippen molar-refractivity contribution in [2.75, 3.05) is 26.9 Å². The zero-order chi connectivity index (χ0) is 17.5. The Morgan fingerprint density at radius 2 is 2.04 bits per heavy atom. The molecule has 0 saturated heterocycles. The van der Waals surface area contributed by atoms with Crippen LogP contribution in [0.3, 0.4) is 0 Å². The summed E-state index contributed by atoms with van der Waals surface area (Å²) in [6, 6.07) is 7.13. The van der Waals surface area contributed by atoms with Gasteiger partial charge in [0.25, 0.3) is 0 Å². The van der Waals surface area contributed by atoms with E-state index in [9.17, 15) is 4.79 Å². The highest BCUT2D eigenvalue weighted by molar-refractivity contribution is 7.80. The first kappa shape index (κ1) is 18.2. The maximum atomic E-state index is 12.5. The number of thiocarbonyl (C=S) groups is 1. The molecular formula is C17H22N2O4S. The molecule has 0 saturated carbocycles. The molecule has 7 heteroatoms. The molecule has 1 aliphatic rings. The lowest BCUT2D eigenvalue weighted by Gasteiger charge is -2.30. The van der Waals surface area contributed by atoms with Crippen LogP contribution in [-0.2, 0) is 14.3 Å². The number of methoxy groups -OCH3 is 1. The van der Waals surface area contributed by atoms with Gasteiger partial charge in [0.2, 0.25) is 0 Å². The Labute approximate surface area is 147 Å². The van der Waals surface area contributed by atoms with Gasteiger partial charge in [-0.3, -0.25) is 0 Å². The van der Waals surface area contributed by atoms with Crippen molar-refractivity contribution in [1.82, 2.24) is 10.6 Å². The van der Waals surface area contributed by atoms with Crippen LogP contribution in [-0.4, -0.2) is 38.0 Å². The van der Waals surface area contributed by atoms with Crippen LogP contribution in [0.25, 0.3) is 0 Å². The molecule has 1 aliphatic heterocycles. The van der Waals surface area contributed by atoms with E-state index < -0.39 is 12.0 Å². The van der Waals surface area contributed by atoms with E-state index in [1.54, 1.807) is 14.0 Å². The van der Waals surface area contributed by atoms with Gasteiger partial charge in [-0.1, -0.05) is 18.2 Å². The van der Waals surface area contributed by atoms with Crippen molar-refractivity contribution in [1.29, 1.82) is 0 Å². The van der Waals surface area contributed by atoms with Gasteiger partial charge in [0.1, 0.15) is 12.4 Å². The lowest BCUT2D eigenvalue weighted by atomic mass is 9.95. The molecule has 2 rings (SSSR count). The average Bonchev–Trinajstić information content (AvgIpc) is 2.55. The Balaban J connectivity index is 2.36. The van der Waals surface area contributed by atoms with E-state index in [0.29, 0.717) is 35.3 Å². The number of para-hydroxylation sites is 1. The van der Waals surface area contributed by atoms with Gasteiger partial charge in [0, 0.05) is 18.4 Å². The van der Waals surface area contributed by atoms with Crippen molar-refractivity contribution in [2.24, 2.45) is 0 Å². The molecule has 0 aromatic heterocycles. The molecule has 1 heterocycles. The normalized spacial score (nSPS) is 17.1. The highest BCUT2D eigenvalue weighted by Gasteiger charge is 2.32. The van der Waals surface area contributed by atoms with Crippen molar-refractivity contribution in [2.45, 2.75) is 19.9 Å². The number of hydrogen-bond acceptors (Lipinski definition) is 5. The molecule has 0 amide bonds. The van der Waals surface area contributed by atoms with Crippen LogP contribution >= 0.6 is 12.2 Å². The van der Waals surface area contributed by atoms with Gasteiger partial charge >= 0.3 is 5.97 Å². The fourth-order valence-electron chi connectivity index (χ4n) is 2.50. The predicted octanol–water partition coefficient (Wildman–Crippen LogP) is 2.07. The van der Waals surface area contributed by atoms with Crippen LogP contribution in [0.5, 0.6) is 5.75 Å². The topological polar surface area (TPSA) is 68.8 Å². The van der Waals surface area contributed by atoms with Crippen molar-refractivity contribution >= 4 is 23.3 Å². The van der Waals surface area contributed by atoms with Gasteiger partial charge in [-0.05, 0) is 32.1 Å². The van der Waals surface area contributed by atoms with Gasteiger partial charge in [0.15, 0.2) is 5.11 Å². The molecule has 24 heavy (non-hydrogen) atoms. The molecular weight excluding hydrogens is 328 g/mol. The van der Waals surface area contributed by atoms with Crippen LogP contribution < -0.4 is 15.4 Å². The number of hydrogen-bond donors (Lipinski definition) is 2. The van der Waals surface area contributed by atoms with Gasteiger partial charge in [-0.15, -0.1) is 0 Å².